The van der Waals surface area contributed by atoms with Crippen LogP contribution < -0.4 is 18.9 Å². The molecule has 1 aliphatic heterocycles. The van der Waals surface area contributed by atoms with Gasteiger partial charge in [-0.1, -0.05) is 152 Å². The quantitative estimate of drug-likeness (QED) is 0.115. The molecule has 0 radical (unpaired) electrons. The van der Waals surface area contributed by atoms with Crippen molar-refractivity contribution >= 4 is 18.2 Å². The normalized spacial score (nSPS) is 21.3. The minimum Gasteiger partial charge on any atom is -0.490 e. The van der Waals surface area contributed by atoms with Gasteiger partial charge in [0.05, 0.1) is 31.8 Å². The summed E-state index contributed by atoms with van der Waals surface area (Å²) in [6, 6.07) is 32.1. The summed E-state index contributed by atoms with van der Waals surface area (Å²) in [6.07, 6.45) is 21.0. The summed E-state index contributed by atoms with van der Waals surface area (Å²) in [5.74, 6) is 5.57. The Morgan fingerprint density at radius 2 is 1.29 bits per heavy atom. The minimum atomic E-state index is -0.689. The average Bonchev–Trinajstić information content (AvgIpc) is 3.75. The van der Waals surface area contributed by atoms with Crippen molar-refractivity contribution in [2.45, 2.75) is 92.9 Å². The molecular formula is C61H68O4. The smallest absolute Gasteiger partial charge is 0.161 e. The molecule has 5 unspecified atom stereocenters. The van der Waals surface area contributed by atoms with Crippen molar-refractivity contribution in [3.05, 3.63) is 159 Å². The van der Waals surface area contributed by atoms with Gasteiger partial charge < -0.3 is 18.9 Å². The third-order valence-electron chi connectivity index (χ3n) is 14.8. The fourth-order valence-corrected chi connectivity index (χ4v) is 10.1. The van der Waals surface area contributed by atoms with Crippen LogP contribution in [0.3, 0.4) is 0 Å². The number of aryl methyl sites for hydroxylation is 1. The molecule has 5 aromatic carbocycles. The van der Waals surface area contributed by atoms with E-state index in [0.29, 0.717) is 56.0 Å². The van der Waals surface area contributed by atoms with E-state index in [4.69, 9.17) is 18.9 Å². The van der Waals surface area contributed by atoms with Crippen LogP contribution in [0.2, 0.25) is 0 Å². The highest BCUT2D eigenvalue weighted by Crippen LogP contribution is 2.65. The Bertz CT molecular complexity index is 2660. The van der Waals surface area contributed by atoms with E-state index >= 15 is 0 Å². The Morgan fingerprint density at radius 1 is 0.662 bits per heavy atom. The number of allylic oxidation sites excluding steroid dienone is 5. The minimum absolute atomic E-state index is 0.403. The Kier molecular flexibility index (Phi) is 13.0. The van der Waals surface area contributed by atoms with Crippen LogP contribution in [-0.4, -0.2) is 26.4 Å². The van der Waals surface area contributed by atoms with Crippen LogP contribution in [0.25, 0.3) is 40.5 Å². The zero-order chi connectivity index (χ0) is 45.2. The highest BCUT2D eigenvalue weighted by molar-refractivity contribution is 5.97. The van der Waals surface area contributed by atoms with Crippen molar-refractivity contribution in [3.8, 4) is 45.3 Å². The van der Waals surface area contributed by atoms with Gasteiger partial charge in [-0.15, -0.1) is 0 Å². The molecule has 1 spiro atoms. The molecule has 0 amide bonds. The Labute approximate surface area is 389 Å². The molecule has 4 nitrogen and oxygen atoms in total. The number of ether oxygens (including phenoxy) is 4. The van der Waals surface area contributed by atoms with Gasteiger partial charge in [-0.25, -0.2) is 0 Å². The highest BCUT2D eigenvalue weighted by atomic mass is 16.5. The Morgan fingerprint density at radius 3 is 1.98 bits per heavy atom. The average molecular weight is 865 g/mol. The van der Waals surface area contributed by atoms with Crippen molar-refractivity contribution in [2.24, 2.45) is 29.6 Å². The first-order chi connectivity index (χ1) is 31.5. The van der Waals surface area contributed by atoms with Gasteiger partial charge in [0.15, 0.2) is 23.0 Å². The maximum absolute atomic E-state index is 6.86. The second-order valence-electron chi connectivity index (χ2n) is 19.9. The third kappa shape index (κ3) is 8.86. The van der Waals surface area contributed by atoms with E-state index < -0.39 is 5.41 Å². The summed E-state index contributed by atoms with van der Waals surface area (Å²) in [7, 11) is 0. The fourth-order valence-electron chi connectivity index (χ4n) is 10.1. The van der Waals surface area contributed by atoms with E-state index in [9.17, 15) is 0 Å². The van der Waals surface area contributed by atoms with E-state index in [1.165, 1.54) is 55.6 Å². The maximum atomic E-state index is 6.86. The molecule has 336 valence electrons. The first kappa shape index (κ1) is 44.5. The van der Waals surface area contributed by atoms with E-state index in [2.05, 4.69) is 183 Å². The molecule has 0 saturated heterocycles. The van der Waals surface area contributed by atoms with E-state index in [1.807, 2.05) is 0 Å². The van der Waals surface area contributed by atoms with Crippen molar-refractivity contribution < 1.29 is 18.9 Å². The molecule has 0 aromatic heterocycles. The summed E-state index contributed by atoms with van der Waals surface area (Å²) in [4.78, 5) is 0. The second-order valence-corrected chi connectivity index (χ2v) is 19.9. The molecular weight excluding hydrogens is 797 g/mol. The largest absolute Gasteiger partial charge is 0.490 e. The summed E-state index contributed by atoms with van der Waals surface area (Å²) in [5, 5.41) is 0. The molecule has 65 heavy (non-hydrogen) atoms. The Balaban J connectivity index is 1.31. The van der Waals surface area contributed by atoms with Crippen LogP contribution >= 0.6 is 0 Å². The SMILES string of the molecule is CCC(C)COc1cc2c(cc1OCCC(C)C)C1(c3cc(/C=C/C4=CCCC=C4)ccc3-c3ccc(/C=C/c4ccc(C)cc4)cc31)c1cc3c(cc1-2)OCC(C)C(C)C(C)CCO3. The molecule has 3 aliphatic carbocycles. The van der Waals surface area contributed by atoms with Crippen LogP contribution in [0.15, 0.2) is 115 Å². The summed E-state index contributed by atoms with van der Waals surface area (Å²) >= 11 is 0. The number of rotatable bonds is 12. The molecule has 0 fully saturated rings. The molecule has 0 saturated carbocycles. The summed E-state index contributed by atoms with van der Waals surface area (Å²) in [6.45, 7) is 20.7. The molecule has 9 rings (SSSR count). The predicted octanol–water partition coefficient (Wildman–Crippen LogP) is 15.7. The van der Waals surface area contributed by atoms with Crippen molar-refractivity contribution in [1.29, 1.82) is 0 Å². The topological polar surface area (TPSA) is 36.9 Å². The molecule has 0 N–H and O–H groups in total. The standard InChI is InChI=1S/C61H68O4/c1-9-40(4)37-64-57-33-51-52-34-58-60(63-30-28-42(6)44(8)43(7)38-65-58)36-56(52)61(55(51)35-59(57)62-29-27-39(2)3)53-31-47(21-19-45-13-11-10-12-14-45)23-25-49(53)50-26-24-48(32-54(50)61)22-20-46-17-15-41(5)16-18-46/h11,13-26,31-36,39-40,42-44H,9-10,12,27-30,37-38H2,1-8H3/b21-19+,22-20+. The fraction of sp³-hybridized carbons (Fsp3) is 0.377. The molecule has 4 aliphatic rings. The molecule has 5 atom stereocenters. The van der Waals surface area contributed by atoms with Gasteiger partial charge in [0.25, 0.3) is 0 Å². The number of hydrogen-bond acceptors (Lipinski definition) is 4. The molecule has 5 aromatic rings. The maximum Gasteiger partial charge on any atom is 0.161 e. The molecule has 0 bridgehead atoms. The van der Waals surface area contributed by atoms with Crippen LogP contribution in [-0.2, 0) is 5.41 Å². The summed E-state index contributed by atoms with van der Waals surface area (Å²) < 4.78 is 27.3. The lowest BCUT2D eigenvalue weighted by atomic mass is 9.70. The number of hydrogen-bond donors (Lipinski definition) is 0. The third-order valence-corrected chi connectivity index (χ3v) is 14.8. The van der Waals surface area contributed by atoms with Crippen LogP contribution in [0, 0.1) is 36.5 Å². The number of fused-ring (bicyclic) bond motifs is 11. The molecule has 4 heteroatoms. The van der Waals surface area contributed by atoms with E-state index in [0.717, 1.165) is 71.8 Å². The van der Waals surface area contributed by atoms with Gasteiger partial charge in [-0.2, -0.15) is 0 Å². The monoisotopic (exact) mass is 865 g/mol. The predicted molar refractivity (Wildman–Crippen MR) is 271 cm³/mol. The van der Waals surface area contributed by atoms with Crippen LogP contribution in [0.4, 0.5) is 0 Å². The highest BCUT2D eigenvalue weighted by Gasteiger charge is 2.53. The lowest BCUT2D eigenvalue weighted by Crippen LogP contribution is -2.27. The Hall–Kier alpha value is -5.74. The number of benzene rings is 5. The second kappa shape index (κ2) is 19.0. The van der Waals surface area contributed by atoms with Crippen molar-refractivity contribution in [2.75, 3.05) is 26.4 Å². The summed E-state index contributed by atoms with van der Waals surface area (Å²) in [5.41, 5.74) is 15.0. The van der Waals surface area contributed by atoms with Crippen molar-refractivity contribution in [3.63, 3.8) is 0 Å². The lowest BCUT2D eigenvalue weighted by Gasteiger charge is -2.32. The van der Waals surface area contributed by atoms with Gasteiger partial charge in [0.1, 0.15) is 0 Å². The zero-order valence-electron chi connectivity index (χ0n) is 40.0. The van der Waals surface area contributed by atoms with Crippen LogP contribution in [0.1, 0.15) is 125 Å². The van der Waals surface area contributed by atoms with Gasteiger partial charge in [-0.05, 0) is 165 Å². The van der Waals surface area contributed by atoms with Gasteiger partial charge in [0, 0.05) is 0 Å². The lowest BCUT2D eigenvalue weighted by molar-refractivity contribution is 0.143. The van der Waals surface area contributed by atoms with Crippen molar-refractivity contribution in [1.82, 2.24) is 0 Å². The van der Waals surface area contributed by atoms with E-state index in [1.54, 1.807) is 0 Å². The zero-order valence-corrected chi connectivity index (χ0v) is 40.0. The van der Waals surface area contributed by atoms with Gasteiger partial charge in [0.2, 0.25) is 0 Å². The van der Waals surface area contributed by atoms with Gasteiger partial charge in [-0.3, -0.25) is 0 Å². The van der Waals surface area contributed by atoms with Gasteiger partial charge >= 0.3 is 0 Å². The first-order valence-electron chi connectivity index (χ1n) is 24.5. The first-order valence-corrected chi connectivity index (χ1v) is 24.5. The molecule has 1 heterocycles. The van der Waals surface area contributed by atoms with Crippen LogP contribution in [0.5, 0.6) is 23.0 Å². The van der Waals surface area contributed by atoms with E-state index in [-0.39, 0.29) is 0 Å².